The topological polar surface area (TPSA) is 89.4 Å². The molecule has 33 heavy (non-hydrogen) atoms. The number of nitrogens with zero attached hydrogens (tertiary/aromatic N) is 5. The highest BCUT2D eigenvalue weighted by atomic mass is 16.1. The Labute approximate surface area is 194 Å². The van der Waals surface area contributed by atoms with Gasteiger partial charge < -0.3 is 0 Å². The fourth-order valence-electron chi connectivity index (χ4n) is 4.12. The summed E-state index contributed by atoms with van der Waals surface area (Å²) in [5.41, 5.74) is 7.07. The van der Waals surface area contributed by atoms with Crippen molar-refractivity contribution in [3.63, 3.8) is 0 Å². The van der Waals surface area contributed by atoms with Crippen LogP contribution in [0.4, 0.5) is 0 Å². The molecule has 0 unspecified atom stereocenters. The molecule has 0 amide bonds. The minimum absolute atomic E-state index is 0.574. The van der Waals surface area contributed by atoms with E-state index in [2.05, 4.69) is 64.8 Å². The minimum Gasteiger partial charge on any atom is -0.296 e. The molecule has 7 nitrogen and oxygen atoms in total. The second-order valence-electron chi connectivity index (χ2n) is 8.26. The maximum absolute atomic E-state index is 12.0. The molecule has 0 aliphatic rings. The van der Waals surface area contributed by atoms with E-state index in [1.807, 2.05) is 22.9 Å². The molecule has 0 radical (unpaired) electrons. The lowest BCUT2D eigenvalue weighted by atomic mass is 9.96. The summed E-state index contributed by atoms with van der Waals surface area (Å²) in [5, 5.41) is 19.3. The van der Waals surface area contributed by atoms with E-state index >= 15 is 0 Å². The van der Waals surface area contributed by atoms with Crippen LogP contribution in [0.25, 0.3) is 22.5 Å². The predicted octanol–water partition coefficient (Wildman–Crippen LogP) is 5.28. The summed E-state index contributed by atoms with van der Waals surface area (Å²) < 4.78 is 1.91. The summed E-state index contributed by atoms with van der Waals surface area (Å²) in [4.78, 5) is 12.0. The highest BCUT2D eigenvalue weighted by Gasteiger charge is 2.18. The number of hydrogen-bond acceptors (Lipinski definition) is 5. The van der Waals surface area contributed by atoms with Crippen LogP contribution in [0.5, 0.6) is 0 Å². The van der Waals surface area contributed by atoms with Gasteiger partial charge in [-0.1, -0.05) is 75.2 Å². The molecule has 4 aromatic rings. The number of aryl methyl sites for hydroxylation is 2. The van der Waals surface area contributed by atoms with E-state index in [4.69, 9.17) is 5.10 Å². The molecule has 7 heteroatoms. The lowest BCUT2D eigenvalue weighted by Gasteiger charge is -2.09. The molecule has 0 saturated carbocycles. The Morgan fingerprint density at radius 1 is 0.970 bits per heavy atom. The Hall–Kier alpha value is -3.61. The molecule has 2 heterocycles. The molecule has 0 atom stereocenters. The molecular formula is C26H30N6O. The number of H-pyrrole nitrogens is 1. The summed E-state index contributed by atoms with van der Waals surface area (Å²) in [5.74, 6) is 0.574. The van der Waals surface area contributed by atoms with E-state index in [9.17, 15) is 4.79 Å². The molecule has 2 aromatic heterocycles. The van der Waals surface area contributed by atoms with Crippen molar-refractivity contribution in [3.8, 4) is 22.5 Å². The average Bonchev–Trinajstić information content (AvgIpc) is 3.50. The number of benzene rings is 2. The fraction of sp³-hybridized carbons (Fsp3) is 0.346. The SMILES string of the molecule is CCCCc1nn(CCCC)c(C=O)c1Cc1ccc(-c2ccccc2-c2nn[nH]n2)cc1. The van der Waals surface area contributed by atoms with Crippen LogP contribution in [0, 0.1) is 0 Å². The summed E-state index contributed by atoms with van der Waals surface area (Å²) in [7, 11) is 0. The van der Waals surface area contributed by atoms with Gasteiger partial charge in [0.2, 0.25) is 5.82 Å². The first kappa shape index (κ1) is 22.6. The minimum atomic E-state index is 0.574. The second kappa shape index (κ2) is 10.8. The first-order chi connectivity index (χ1) is 16.2. The number of aromatic nitrogens is 6. The van der Waals surface area contributed by atoms with Crippen LogP contribution in [0.3, 0.4) is 0 Å². The zero-order chi connectivity index (χ0) is 23.0. The van der Waals surface area contributed by atoms with Gasteiger partial charge in [0.1, 0.15) is 5.69 Å². The quantitative estimate of drug-likeness (QED) is 0.319. The largest absolute Gasteiger partial charge is 0.296 e. The van der Waals surface area contributed by atoms with Crippen LogP contribution < -0.4 is 0 Å². The molecule has 0 spiro atoms. The summed E-state index contributed by atoms with van der Waals surface area (Å²) >= 11 is 0. The number of aromatic amines is 1. The van der Waals surface area contributed by atoms with Gasteiger partial charge in [0, 0.05) is 24.1 Å². The van der Waals surface area contributed by atoms with E-state index in [-0.39, 0.29) is 0 Å². The summed E-state index contributed by atoms with van der Waals surface area (Å²) in [6, 6.07) is 16.5. The molecule has 2 aromatic carbocycles. The van der Waals surface area contributed by atoms with Crippen molar-refractivity contribution in [1.82, 2.24) is 30.4 Å². The van der Waals surface area contributed by atoms with E-state index in [0.717, 1.165) is 84.1 Å². The Kier molecular flexibility index (Phi) is 7.40. The molecule has 0 aliphatic carbocycles. The Morgan fingerprint density at radius 2 is 1.73 bits per heavy atom. The van der Waals surface area contributed by atoms with Gasteiger partial charge in [-0.15, -0.1) is 10.2 Å². The number of nitrogens with one attached hydrogen (secondary N) is 1. The fourth-order valence-corrected chi connectivity index (χ4v) is 4.12. The highest BCUT2D eigenvalue weighted by molar-refractivity contribution is 5.80. The lowest BCUT2D eigenvalue weighted by Crippen LogP contribution is -2.05. The maximum atomic E-state index is 12.0. The van der Waals surface area contributed by atoms with Crippen LogP contribution in [0.2, 0.25) is 0 Å². The molecule has 1 N–H and O–H groups in total. The van der Waals surface area contributed by atoms with Gasteiger partial charge in [-0.05, 0) is 41.2 Å². The maximum Gasteiger partial charge on any atom is 0.205 e. The number of rotatable bonds is 11. The molecular weight excluding hydrogens is 412 g/mol. The molecule has 0 aliphatic heterocycles. The van der Waals surface area contributed by atoms with Crippen molar-refractivity contribution in [1.29, 1.82) is 0 Å². The highest BCUT2D eigenvalue weighted by Crippen LogP contribution is 2.30. The molecule has 0 fully saturated rings. The first-order valence-corrected chi connectivity index (χ1v) is 11.7. The lowest BCUT2D eigenvalue weighted by molar-refractivity contribution is 0.111. The third-order valence-corrected chi connectivity index (χ3v) is 5.94. The first-order valence-electron chi connectivity index (χ1n) is 11.7. The average molecular weight is 443 g/mol. The molecule has 0 saturated heterocycles. The number of hydrogen-bond donors (Lipinski definition) is 1. The third kappa shape index (κ3) is 5.08. The number of tetrazole rings is 1. The smallest absolute Gasteiger partial charge is 0.205 e. The summed E-state index contributed by atoms with van der Waals surface area (Å²) in [6.07, 6.45) is 6.85. The zero-order valence-electron chi connectivity index (χ0n) is 19.3. The number of carbonyl (C=O) groups is 1. The van der Waals surface area contributed by atoms with Crippen molar-refractivity contribution in [3.05, 3.63) is 71.0 Å². The van der Waals surface area contributed by atoms with Crippen molar-refractivity contribution >= 4 is 6.29 Å². The Morgan fingerprint density at radius 3 is 2.39 bits per heavy atom. The second-order valence-corrected chi connectivity index (χ2v) is 8.26. The normalized spacial score (nSPS) is 11.1. The standard InChI is InChI=1S/C26H30N6O/c1-3-5-11-24-23(25(18-33)32(29-24)16-6-4-2)17-19-12-14-20(15-13-19)21-9-7-8-10-22(21)26-27-30-31-28-26/h7-10,12-15,18H,3-6,11,16-17H2,1-2H3,(H,27,28,30,31). The summed E-state index contributed by atoms with van der Waals surface area (Å²) in [6.45, 7) is 5.12. The van der Waals surface area contributed by atoms with Crippen molar-refractivity contribution in [2.24, 2.45) is 0 Å². The van der Waals surface area contributed by atoms with Gasteiger partial charge in [-0.2, -0.15) is 10.3 Å². The van der Waals surface area contributed by atoms with E-state index in [1.165, 1.54) is 0 Å². The van der Waals surface area contributed by atoms with Gasteiger partial charge >= 0.3 is 0 Å². The van der Waals surface area contributed by atoms with Gasteiger partial charge in [0.05, 0.1) is 5.69 Å². The van der Waals surface area contributed by atoms with Crippen LogP contribution in [-0.2, 0) is 19.4 Å². The van der Waals surface area contributed by atoms with Gasteiger partial charge in [0.15, 0.2) is 6.29 Å². The zero-order valence-corrected chi connectivity index (χ0v) is 19.3. The predicted molar refractivity (Wildman–Crippen MR) is 129 cm³/mol. The van der Waals surface area contributed by atoms with Crippen molar-refractivity contribution in [2.45, 2.75) is 58.9 Å². The van der Waals surface area contributed by atoms with E-state index in [1.54, 1.807) is 0 Å². The monoisotopic (exact) mass is 442 g/mol. The van der Waals surface area contributed by atoms with Crippen molar-refractivity contribution in [2.75, 3.05) is 0 Å². The van der Waals surface area contributed by atoms with E-state index < -0.39 is 0 Å². The van der Waals surface area contributed by atoms with Gasteiger partial charge in [0.25, 0.3) is 0 Å². The van der Waals surface area contributed by atoms with Crippen LogP contribution in [0.1, 0.15) is 66.8 Å². The van der Waals surface area contributed by atoms with Crippen LogP contribution >= 0.6 is 0 Å². The number of unbranched alkanes of at least 4 members (excludes halogenated alkanes) is 2. The van der Waals surface area contributed by atoms with Gasteiger partial charge in [-0.3, -0.25) is 9.48 Å². The van der Waals surface area contributed by atoms with Crippen LogP contribution in [0.15, 0.2) is 48.5 Å². The Balaban J connectivity index is 1.62. The Bertz CT molecular complexity index is 1180. The van der Waals surface area contributed by atoms with E-state index in [0.29, 0.717) is 12.2 Å². The molecule has 170 valence electrons. The molecule has 0 bridgehead atoms. The van der Waals surface area contributed by atoms with Gasteiger partial charge in [-0.25, -0.2) is 0 Å². The van der Waals surface area contributed by atoms with Crippen molar-refractivity contribution < 1.29 is 4.79 Å². The molecule has 4 rings (SSSR count). The number of aldehydes is 1. The third-order valence-electron chi connectivity index (χ3n) is 5.94. The van der Waals surface area contributed by atoms with Crippen LogP contribution in [-0.4, -0.2) is 36.7 Å². The number of carbonyl (C=O) groups excluding carboxylic acids is 1.